The summed E-state index contributed by atoms with van der Waals surface area (Å²) in [6, 6.07) is 13.9. The van der Waals surface area contributed by atoms with E-state index in [-0.39, 0.29) is 6.61 Å². The van der Waals surface area contributed by atoms with Gasteiger partial charge in [0.1, 0.15) is 5.69 Å². The number of hydrogen-bond donors (Lipinski definition) is 1. The first-order chi connectivity index (χ1) is 10.6. The van der Waals surface area contributed by atoms with Gasteiger partial charge in [-0.2, -0.15) is 0 Å². The molecular formula is C18H16BrNO2. The van der Waals surface area contributed by atoms with Gasteiger partial charge in [-0.3, -0.25) is 0 Å². The van der Waals surface area contributed by atoms with Crippen LogP contribution in [-0.2, 0) is 6.61 Å². The van der Waals surface area contributed by atoms with Gasteiger partial charge in [0.15, 0.2) is 5.76 Å². The second-order valence-electron chi connectivity index (χ2n) is 5.27. The highest BCUT2D eigenvalue weighted by Crippen LogP contribution is 2.35. The first-order valence-corrected chi connectivity index (χ1v) is 7.83. The minimum Gasteiger partial charge on any atom is -0.391 e. The van der Waals surface area contributed by atoms with E-state index < -0.39 is 0 Å². The SMILES string of the molecule is Cc1cccc(C)c1-c1onc(-c2ccc(Br)cc2)c1CO. The number of halogens is 1. The standard InChI is InChI=1S/C18H16BrNO2/c1-11-4-3-5-12(2)16(11)18-15(10-21)17(20-22-18)13-6-8-14(19)9-7-13/h3-9,21H,10H2,1-2H3. The Morgan fingerprint density at radius 2 is 1.68 bits per heavy atom. The summed E-state index contributed by atoms with van der Waals surface area (Å²) in [5, 5.41) is 14.0. The molecule has 3 nitrogen and oxygen atoms in total. The number of aromatic nitrogens is 1. The number of benzene rings is 2. The minimum atomic E-state index is -0.113. The highest BCUT2D eigenvalue weighted by Gasteiger charge is 2.20. The Morgan fingerprint density at radius 3 is 2.27 bits per heavy atom. The molecule has 112 valence electrons. The van der Waals surface area contributed by atoms with E-state index in [0.717, 1.165) is 32.3 Å². The Morgan fingerprint density at radius 1 is 1.05 bits per heavy atom. The van der Waals surface area contributed by atoms with Crippen LogP contribution in [0.25, 0.3) is 22.6 Å². The number of hydrogen-bond acceptors (Lipinski definition) is 3. The third kappa shape index (κ3) is 2.60. The van der Waals surface area contributed by atoms with Gasteiger partial charge in [-0.15, -0.1) is 0 Å². The molecule has 0 aliphatic rings. The molecule has 0 saturated carbocycles. The molecular weight excluding hydrogens is 342 g/mol. The van der Waals surface area contributed by atoms with E-state index in [1.807, 2.05) is 56.3 Å². The van der Waals surface area contributed by atoms with E-state index in [1.165, 1.54) is 0 Å². The van der Waals surface area contributed by atoms with E-state index in [1.54, 1.807) is 0 Å². The van der Waals surface area contributed by atoms with Crippen molar-refractivity contribution >= 4 is 15.9 Å². The van der Waals surface area contributed by atoms with Crippen LogP contribution < -0.4 is 0 Å². The number of aliphatic hydroxyl groups excluding tert-OH is 1. The van der Waals surface area contributed by atoms with Crippen molar-refractivity contribution in [2.75, 3.05) is 0 Å². The van der Waals surface area contributed by atoms with Crippen molar-refractivity contribution in [3.63, 3.8) is 0 Å². The Kier molecular flexibility index (Phi) is 4.14. The average Bonchev–Trinajstić information content (AvgIpc) is 2.91. The Bertz CT molecular complexity index is 786. The van der Waals surface area contributed by atoms with Crippen LogP contribution >= 0.6 is 15.9 Å². The van der Waals surface area contributed by atoms with Crippen LogP contribution in [0.3, 0.4) is 0 Å². The lowest BCUT2D eigenvalue weighted by molar-refractivity contribution is 0.281. The molecule has 1 heterocycles. The van der Waals surface area contributed by atoms with E-state index in [2.05, 4.69) is 21.1 Å². The lowest BCUT2D eigenvalue weighted by atomic mass is 9.96. The molecule has 0 aliphatic carbocycles. The van der Waals surface area contributed by atoms with Crippen LogP contribution in [-0.4, -0.2) is 10.3 Å². The summed E-state index contributed by atoms with van der Waals surface area (Å²) in [6.07, 6.45) is 0. The van der Waals surface area contributed by atoms with Crippen LogP contribution in [0.2, 0.25) is 0 Å². The first-order valence-electron chi connectivity index (χ1n) is 7.03. The van der Waals surface area contributed by atoms with Gasteiger partial charge in [-0.1, -0.05) is 51.4 Å². The summed E-state index contributed by atoms with van der Waals surface area (Å²) >= 11 is 3.42. The zero-order valence-corrected chi connectivity index (χ0v) is 14.0. The molecule has 0 bridgehead atoms. The largest absolute Gasteiger partial charge is 0.391 e. The van der Waals surface area contributed by atoms with Crippen molar-refractivity contribution in [2.24, 2.45) is 0 Å². The molecule has 0 aliphatic heterocycles. The predicted octanol–water partition coefficient (Wildman–Crippen LogP) is 4.88. The van der Waals surface area contributed by atoms with E-state index >= 15 is 0 Å². The second kappa shape index (κ2) is 6.07. The van der Waals surface area contributed by atoms with E-state index in [4.69, 9.17) is 4.52 Å². The van der Waals surface area contributed by atoms with E-state index in [0.29, 0.717) is 11.5 Å². The monoisotopic (exact) mass is 357 g/mol. The zero-order chi connectivity index (χ0) is 15.7. The van der Waals surface area contributed by atoms with Crippen LogP contribution in [0, 0.1) is 13.8 Å². The maximum absolute atomic E-state index is 9.84. The van der Waals surface area contributed by atoms with Gasteiger partial charge in [0.25, 0.3) is 0 Å². The quantitative estimate of drug-likeness (QED) is 0.726. The molecule has 0 unspecified atom stereocenters. The van der Waals surface area contributed by atoms with Crippen LogP contribution in [0.4, 0.5) is 0 Å². The molecule has 0 spiro atoms. The molecule has 0 amide bonds. The summed E-state index contributed by atoms with van der Waals surface area (Å²) < 4.78 is 6.60. The lowest BCUT2D eigenvalue weighted by Gasteiger charge is -2.08. The Balaban J connectivity index is 2.18. The smallest absolute Gasteiger partial charge is 0.173 e. The van der Waals surface area contributed by atoms with Gasteiger partial charge in [0.2, 0.25) is 0 Å². The second-order valence-corrected chi connectivity index (χ2v) is 6.19. The predicted molar refractivity (Wildman–Crippen MR) is 90.5 cm³/mol. The van der Waals surface area contributed by atoms with Crippen LogP contribution in [0.15, 0.2) is 51.5 Å². The molecule has 3 rings (SSSR count). The molecule has 3 aromatic rings. The van der Waals surface area contributed by atoms with Crippen molar-refractivity contribution in [3.8, 4) is 22.6 Å². The maximum atomic E-state index is 9.84. The topological polar surface area (TPSA) is 46.3 Å². The first kappa shape index (κ1) is 15.0. The van der Waals surface area contributed by atoms with E-state index in [9.17, 15) is 5.11 Å². The third-order valence-electron chi connectivity index (χ3n) is 3.77. The lowest BCUT2D eigenvalue weighted by Crippen LogP contribution is -1.92. The van der Waals surface area contributed by atoms with Gasteiger partial charge in [-0.05, 0) is 37.1 Å². The molecule has 0 saturated heterocycles. The zero-order valence-electron chi connectivity index (χ0n) is 12.4. The van der Waals surface area contributed by atoms with Crippen LogP contribution in [0.1, 0.15) is 16.7 Å². The third-order valence-corrected chi connectivity index (χ3v) is 4.30. The molecule has 1 aromatic heterocycles. The summed E-state index contributed by atoms with van der Waals surface area (Å²) in [4.78, 5) is 0. The number of aliphatic hydroxyl groups is 1. The molecule has 0 fully saturated rings. The highest BCUT2D eigenvalue weighted by atomic mass is 79.9. The summed E-state index contributed by atoms with van der Waals surface area (Å²) in [5.41, 5.74) is 5.55. The van der Waals surface area contributed by atoms with Gasteiger partial charge < -0.3 is 9.63 Å². The average molecular weight is 358 g/mol. The summed E-state index contributed by atoms with van der Waals surface area (Å²) in [7, 11) is 0. The fourth-order valence-electron chi connectivity index (χ4n) is 2.66. The Labute approximate surface area is 137 Å². The number of aryl methyl sites for hydroxylation is 2. The fraction of sp³-hybridized carbons (Fsp3) is 0.167. The maximum Gasteiger partial charge on any atom is 0.173 e. The number of rotatable bonds is 3. The van der Waals surface area contributed by atoms with Crippen molar-refractivity contribution < 1.29 is 9.63 Å². The molecule has 22 heavy (non-hydrogen) atoms. The van der Waals surface area contributed by atoms with Gasteiger partial charge in [0, 0.05) is 15.6 Å². The van der Waals surface area contributed by atoms with Crippen molar-refractivity contribution in [1.29, 1.82) is 0 Å². The molecule has 1 N–H and O–H groups in total. The summed E-state index contributed by atoms with van der Waals surface area (Å²) in [5.74, 6) is 0.649. The molecule has 0 radical (unpaired) electrons. The minimum absolute atomic E-state index is 0.113. The van der Waals surface area contributed by atoms with Crippen LogP contribution in [0.5, 0.6) is 0 Å². The number of nitrogens with zero attached hydrogens (tertiary/aromatic N) is 1. The van der Waals surface area contributed by atoms with Crippen molar-refractivity contribution in [1.82, 2.24) is 5.16 Å². The van der Waals surface area contributed by atoms with Crippen molar-refractivity contribution in [3.05, 3.63) is 63.6 Å². The normalized spacial score (nSPS) is 10.9. The Hall–Kier alpha value is -1.91. The van der Waals surface area contributed by atoms with Gasteiger partial charge in [-0.25, -0.2) is 0 Å². The molecule has 4 heteroatoms. The van der Waals surface area contributed by atoms with Crippen molar-refractivity contribution in [2.45, 2.75) is 20.5 Å². The fourth-order valence-corrected chi connectivity index (χ4v) is 2.92. The highest BCUT2D eigenvalue weighted by molar-refractivity contribution is 9.10. The molecule has 0 atom stereocenters. The molecule has 2 aromatic carbocycles. The van der Waals surface area contributed by atoms with Gasteiger partial charge in [0.05, 0.1) is 12.2 Å². The summed E-state index contributed by atoms with van der Waals surface area (Å²) in [6.45, 7) is 3.95. The van der Waals surface area contributed by atoms with Gasteiger partial charge >= 0.3 is 0 Å².